The van der Waals surface area contributed by atoms with E-state index in [0.29, 0.717) is 5.41 Å². The zero-order valence-corrected chi connectivity index (χ0v) is 11.5. The van der Waals surface area contributed by atoms with Crippen LogP contribution in [-0.4, -0.2) is 41.1 Å². The SMILES string of the molecule is c1c[nH]c(-c2cnc(N3CCC4(CCNC4)C3)nc2)c1. The van der Waals surface area contributed by atoms with Gasteiger partial charge in [-0.25, -0.2) is 9.97 Å². The van der Waals surface area contributed by atoms with Crippen molar-refractivity contribution >= 4 is 5.95 Å². The maximum Gasteiger partial charge on any atom is 0.225 e. The molecule has 104 valence electrons. The van der Waals surface area contributed by atoms with Crippen molar-refractivity contribution in [3.63, 3.8) is 0 Å². The molecule has 4 rings (SSSR count). The zero-order chi connectivity index (χ0) is 13.4. The summed E-state index contributed by atoms with van der Waals surface area (Å²) in [5.41, 5.74) is 2.56. The molecule has 2 aliphatic heterocycles. The summed E-state index contributed by atoms with van der Waals surface area (Å²) in [6.45, 7) is 4.45. The number of hydrogen-bond acceptors (Lipinski definition) is 4. The monoisotopic (exact) mass is 269 g/mol. The highest BCUT2D eigenvalue weighted by molar-refractivity contribution is 5.57. The first-order chi connectivity index (χ1) is 9.85. The van der Waals surface area contributed by atoms with E-state index in [1.165, 1.54) is 12.8 Å². The van der Waals surface area contributed by atoms with E-state index in [2.05, 4.69) is 25.2 Å². The molecule has 0 aromatic carbocycles. The molecule has 5 nitrogen and oxygen atoms in total. The predicted molar refractivity (Wildman–Crippen MR) is 78.6 cm³/mol. The minimum atomic E-state index is 0.460. The lowest BCUT2D eigenvalue weighted by Gasteiger charge is -2.22. The van der Waals surface area contributed by atoms with Gasteiger partial charge in [-0.3, -0.25) is 0 Å². The summed E-state index contributed by atoms with van der Waals surface area (Å²) in [6, 6.07) is 4.02. The normalized spacial score (nSPS) is 25.7. The highest BCUT2D eigenvalue weighted by Gasteiger charge is 2.41. The van der Waals surface area contributed by atoms with Crippen molar-refractivity contribution in [3.05, 3.63) is 30.7 Å². The maximum absolute atomic E-state index is 4.55. The van der Waals surface area contributed by atoms with Crippen LogP contribution in [0.25, 0.3) is 11.3 Å². The van der Waals surface area contributed by atoms with Gasteiger partial charge >= 0.3 is 0 Å². The fraction of sp³-hybridized carbons (Fsp3) is 0.467. The molecule has 0 saturated carbocycles. The Bertz CT molecular complexity index is 569. The third kappa shape index (κ3) is 1.98. The number of nitrogens with one attached hydrogen (secondary N) is 2. The molecular formula is C15H19N5. The molecule has 0 aliphatic carbocycles. The second-order valence-electron chi connectivity index (χ2n) is 5.95. The molecule has 0 bridgehead atoms. The summed E-state index contributed by atoms with van der Waals surface area (Å²) < 4.78 is 0. The Morgan fingerprint density at radius 3 is 2.80 bits per heavy atom. The molecule has 2 saturated heterocycles. The van der Waals surface area contributed by atoms with Crippen molar-refractivity contribution in [2.24, 2.45) is 5.41 Å². The highest BCUT2D eigenvalue weighted by atomic mass is 15.3. The number of rotatable bonds is 2. The molecular weight excluding hydrogens is 250 g/mol. The van der Waals surface area contributed by atoms with Crippen LogP contribution >= 0.6 is 0 Å². The molecule has 2 N–H and O–H groups in total. The Kier molecular flexibility index (Phi) is 2.73. The predicted octanol–water partition coefficient (Wildman–Crippen LogP) is 1.66. The molecule has 4 heterocycles. The number of anilines is 1. The molecule has 0 radical (unpaired) electrons. The van der Waals surface area contributed by atoms with Gasteiger partial charge in [0.2, 0.25) is 5.95 Å². The van der Waals surface area contributed by atoms with Crippen molar-refractivity contribution in [1.82, 2.24) is 20.3 Å². The minimum Gasteiger partial charge on any atom is -0.361 e. The Hall–Kier alpha value is -1.88. The van der Waals surface area contributed by atoms with Crippen molar-refractivity contribution in [3.8, 4) is 11.3 Å². The second kappa shape index (κ2) is 4.59. The number of aromatic nitrogens is 3. The quantitative estimate of drug-likeness (QED) is 0.870. The van der Waals surface area contributed by atoms with Gasteiger partial charge < -0.3 is 15.2 Å². The average Bonchev–Trinajstić information content (AvgIpc) is 3.23. The Morgan fingerprint density at radius 2 is 2.10 bits per heavy atom. The van der Waals surface area contributed by atoms with Crippen molar-refractivity contribution in [2.45, 2.75) is 12.8 Å². The lowest BCUT2D eigenvalue weighted by molar-refractivity contribution is 0.369. The Morgan fingerprint density at radius 1 is 1.20 bits per heavy atom. The maximum atomic E-state index is 4.55. The zero-order valence-electron chi connectivity index (χ0n) is 11.5. The van der Waals surface area contributed by atoms with Gasteiger partial charge in [-0.2, -0.15) is 0 Å². The van der Waals surface area contributed by atoms with E-state index in [0.717, 1.165) is 43.4 Å². The van der Waals surface area contributed by atoms with Crippen molar-refractivity contribution in [2.75, 3.05) is 31.1 Å². The summed E-state index contributed by atoms with van der Waals surface area (Å²) in [7, 11) is 0. The van der Waals surface area contributed by atoms with Crippen LogP contribution < -0.4 is 10.2 Å². The average molecular weight is 269 g/mol. The van der Waals surface area contributed by atoms with Gasteiger partial charge in [-0.05, 0) is 31.5 Å². The first-order valence-corrected chi connectivity index (χ1v) is 7.26. The summed E-state index contributed by atoms with van der Waals surface area (Å²) in [5, 5.41) is 3.48. The van der Waals surface area contributed by atoms with Gasteiger partial charge in [0.1, 0.15) is 0 Å². The largest absolute Gasteiger partial charge is 0.361 e. The van der Waals surface area contributed by atoms with E-state index in [-0.39, 0.29) is 0 Å². The van der Waals surface area contributed by atoms with E-state index >= 15 is 0 Å². The first kappa shape index (κ1) is 11.9. The van der Waals surface area contributed by atoms with Crippen LogP contribution in [0.4, 0.5) is 5.95 Å². The fourth-order valence-electron chi connectivity index (χ4n) is 3.38. The lowest BCUT2D eigenvalue weighted by Crippen LogP contribution is -2.29. The molecule has 1 atom stereocenters. The van der Waals surface area contributed by atoms with Gasteiger partial charge in [0.05, 0.1) is 0 Å². The summed E-state index contributed by atoms with van der Waals surface area (Å²) in [5.74, 6) is 0.865. The first-order valence-electron chi connectivity index (χ1n) is 7.26. The van der Waals surface area contributed by atoms with Gasteiger partial charge in [-0.1, -0.05) is 0 Å². The molecule has 20 heavy (non-hydrogen) atoms. The van der Waals surface area contributed by atoms with E-state index in [9.17, 15) is 0 Å². The number of nitrogens with zero attached hydrogens (tertiary/aromatic N) is 3. The van der Waals surface area contributed by atoms with Crippen LogP contribution in [0.5, 0.6) is 0 Å². The number of H-pyrrole nitrogens is 1. The smallest absolute Gasteiger partial charge is 0.225 e. The molecule has 1 spiro atoms. The molecule has 2 aliphatic rings. The van der Waals surface area contributed by atoms with Crippen LogP contribution in [0.2, 0.25) is 0 Å². The highest BCUT2D eigenvalue weighted by Crippen LogP contribution is 2.37. The van der Waals surface area contributed by atoms with Gasteiger partial charge in [0.25, 0.3) is 0 Å². The van der Waals surface area contributed by atoms with Crippen LogP contribution in [0.3, 0.4) is 0 Å². The van der Waals surface area contributed by atoms with E-state index in [1.807, 2.05) is 30.7 Å². The molecule has 5 heteroatoms. The summed E-state index contributed by atoms with van der Waals surface area (Å²) >= 11 is 0. The fourth-order valence-corrected chi connectivity index (χ4v) is 3.38. The summed E-state index contributed by atoms with van der Waals surface area (Å²) in [4.78, 5) is 14.6. The summed E-state index contributed by atoms with van der Waals surface area (Å²) in [6.07, 6.45) is 8.27. The van der Waals surface area contributed by atoms with Gasteiger partial charge in [0, 0.05) is 54.9 Å². The van der Waals surface area contributed by atoms with Crippen molar-refractivity contribution < 1.29 is 0 Å². The Balaban J connectivity index is 1.52. The lowest BCUT2D eigenvalue weighted by atomic mass is 9.87. The van der Waals surface area contributed by atoms with E-state index < -0.39 is 0 Å². The number of hydrogen-bond donors (Lipinski definition) is 2. The van der Waals surface area contributed by atoms with Gasteiger partial charge in [-0.15, -0.1) is 0 Å². The molecule has 0 amide bonds. The third-order valence-electron chi connectivity index (χ3n) is 4.60. The van der Waals surface area contributed by atoms with Gasteiger partial charge in [0.15, 0.2) is 0 Å². The Labute approximate surface area is 118 Å². The molecule has 2 fully saturated rings. The standard InChI is InChI=1S/C15H19N5/c1-2-13(17-5-1)12-8-18-14(19-9-12)20-7-4-15(11-20)3-6-16-10-15/h1-2,5,8-9,16-17H,3-4,6-7,10-11H2. The van der Waals surface area contributed by atoms with Crippen LogP contribution in [0.1, 0.15) is 12.8 Å². The molecule has 2 aromatic heterocycles. The van der Waals surface area contributed by atoms with Crippen LogP contribution in [-0.2, 0) is 0 Å². The minimum absolute atomic E-state index is 0.460. The second-order valence-corrected chi connectivity index (χ2v) is 5.95. The van der Waals surface area contributed by atoms with Crippen LogP contribution in [0.15, 0.2) is 30.7 Å². The van der Waals surface area contributed by atoms with Crippen LogP contribution in [0, 0.1) is 5.41 Å². The third-order valence-corrected chi connectivity index (χ3v) is 4.60. The van der Waals surface area contributed by atoms with Crippen molar-refractivity contribution in [1.29, 1.82) is 0 Å². The number of aromatic amines is 1. The van der Waals surface area contributed by atoms with E-state index in [4.69, 9.17) is 0 Å². The topological polar surface area (TPSA) is 56.8 Å². The molecule has 2 aromatic rings. The van der Waals surface area contributed by atoms with E-state index in [1.54, 1.807) is 0 Å². The molecule has 1 unspecified atom stereocenters.